The van der Waals surface area contributed by atoms with Crippen LogP contribution in [0.1, 0.15) is 32.8 Å². The standard InChI is InChI=1S/C21H25NO4/c1-21(2,3)26-20(25)22(4)18(19(23)24)11-7-8-15-12-13-16-9-5-6-10-17(16)14-15/h5-6,9-14H,7-8H2,1-4H3,(H,23,24)/b18-11-. The van der Waals surface area contributed by atoms with Gasteiger partial charge in [-0.3, -0.25) is 4.90 Å². The Kier molecular flexibility index (Phi) is 6.03. The molecule has 0 saturated heterocycles. The van der Waals surface area contributed by atoms with Crippen molar-refractivity contribution in [3.05, 3.63) is 59.8 Å². The van der Waals surface area contributed by atoms with E-state index in [1.807, 2.05) is 24.3 Å². The SMILES string of the molecule is CN(C(=O)OC(C)(C)C)/C(=C\CCc1ccc2ccccc2c1)C(=O)O. The fourth-order valence-corrected chi connectivity index (χ4v) is 2.57. The minimum atomic E-state index is -1.16. The van der Waals surface area contributed by atoms with Gasteiger partial charge in [0.2, 0.25) is 0 Å². The van der Waals surface area contributed by atoms with Crippen LogP contribution in [0.15, 0.2) is 54.2 Å². The third-order valence-corrected chi connectivity index (χ3v) is 3.83. The van der Waals surface area contributed by atoms with E-state index in [1.54, 1.807) is 26.8 Å². The zero-order valence-electron chi connectivity index (χ0n) is 15.7. The van der Waals surface area contributed by atoms with Crippen LogP contribution < -0.4 is 0 Å². The summed E-state index contributed by atoms with van der Waals surface area (Å²) in [5, 5.41) is 11.7. The lowest BCUT2D eigenvalue weighted by Crippen LogP contribution is -2.35. The quantitative estimate of drug-likeness (QED) is 0.796. The van der Waals surface area contributed by atoms with Crippen LogP contribution in [-0.4, -0.2) is 34.7 Å². The number of hydrogen-bond donors (Lipinski definition) is 1. The molecule has 1 amide bonds. The van der Waals surface area contributed by atoms with Crippen molar-refractivity contribution >= 4 is 22.8 Å². The monoisotopic (exact) mass is 355 g/mol. The highest BCUT2D eigenvalue weighted by Crippen LogP contribution is 2.18. The van der Waals surface area contributed by atoms with Gasteiger partial charge in [-0.15, -0.1) is 0 Å². The summed E-state index contributed by atoms with van der Waals surface area (Å²) in [4.78, 5) is 24.6. The van der Waals surface area contributed by atoms with E-state index in [0.717, 1.165) is 15.8 Å². The van der Waals surface area contributed by atoms with E-state index in [1.165, 1.54) is 12.4 Å². The van der Waals surface area contributed by atoms with E-state index < -0.39 is 17.7 Å². The number of nitrogens with zero attached hydrogens (tertiary/aromatic N) is 1. The molecule has 2 aromatic carbocycles. The van der Waals surface area contributed by atoms with E-state index in [4.69, 9.17) is 4.74 Å². The predicted octanol–water partition coefficient (Wildman–Crippen LogP) is 4.61. The number of rotatable bonds is 5. The first-order valence-corrected chi connectivity index (χ1v) is 8.55. The van der Waals surface area contributed by atoms with Gasteiger partial charge in [-0.05, 0) is 49.9 Å². The average molecular weight is 355 g/mol. The normalized spacial score (nSPS) is 12.1. The molecular formula is C21H25NO4. The summed E-state index contributed by atoms with van der Waals surface area (Å²) < 4.78 is 5.23. The number of aryl methyl sites for hydroxylation is 1. The molecule has 0 aliphatic heterocycles. The van der Waals surface area contributed by atoms with E-state index in [-0.39, 0.29) is 5.70 Å². The van der Waals surface area contributed by atoms with Crippen LogP contribution in [0.25, 0.3) is 10.8 Å². The van der Waals surface area contributed by atoms with Gasteiger partial charge in [-0.2, -0.15) is 0 Å². The number of carboxylic acids is 1. The number of carbonyl (C=O) groups excluding carboxylic acids is 1. The van der Waals surface area contributed by atoms with Gasteiger partial charge in [-0.25, -0.2) is 9.59 Å². The Morgan fingerprint density at radius 1 is 1.12 bits per heavy atom. The third-order valence-electron chi connectivity index (χ3n) is 3.83. The van der Waals surface area contributed by atoms with E-state index >= 15 is 0 Å². The largest absolute Gasteiger partial charge is 0.477 e. The fourth-order valence-electron chi connectivity index (χ4n) is 2.57. The van der Waals surface area contributed by atoms with Crippen molar-refractivity contribution in [2.24, 2.45) is 0 Å². The molecule has 0 radical (unpaired) electrons. The zero-order valence-corrected chi connectivity index (χ0v) is 15.7. The van der Waals surface area contributed by atoms with Crippen LogP contribution in [0.2, 0.25) is 0 Å². The Balaban J connectivity index is 2.08. The zero-order chi connectivity index (χ0) is 19.3. The van der Waals surface area contributed by atoms with Gasteiger partial charge >= 0.3 is 12.1 Å². The molecule has 2 rings (SSSR count). The highest BCUT2D eigenvalue weighted by atomic mass is 16.6. The highest BCUT2D eigenvalue weighted by Gasteiger charge is 2.24. The molecule has 0 saturated carbocycles. The van der Waals surface area contributed by atoms with E-state index in [9.17, 15) is 14.7 Å². The minimum absolute atomic E-state index is 0.0833. The van der Waals surface area contributed by atoms with Crippen molar-refractivity contribution in [2.45, 2.75) is 39.2 Å². The molecule has 5 nitrogen and oxygen atoms in total. The number of fused-ring (bicyclic) bond motifs is 1. The summed E-state index contributed by atoms with van der Waals surface area (Å²) in [6.07, 6.45) is 2.06. The lowest BCUT2D eigenvalue weighted by Gasteiger charge is -2.24. The van der Waals surface area contributed by atoms with Crippen LogP contribution in [-0.2, 0) is 16.0 Å². The summed E-state index contributed by atoms with van der Waals surface area (Å²) in [6, 6.07) is 14.3. The molecule has 0 atom stereocenters. The Morgan fingerprint density at radius 2 is 1.77 bits per heavy atom. The molecule has 5 heteroatoms. The summed E-state index contributed by atoms with van der Waals surface area (Å²) in [7, 11) is 1.41. The molecule has 26 heavy (non-hydrogen) atoms. The molecule has 0 aliphatic rings. The second-order valence-electron chi connectivity index (χ2n) is 7.15. The van der Waals surface area contributed by atoms with Crippen LogP contribution in [0.4, 0.5) is 4.79 Å². The van der Waals surface area contributed by atoms with Gasteiger partial charge < -0.3 is 9.84 Å². The summed E-state index contributed by atoms with van der Waals surface area (Å²) in [5.41, 5.74) is 0.352. The first kappa shape index (κ1) is 19.5. The van der Waals surface area contributed by atoms with Gasteiger partial charge in [0.15, 0.2) is 0 Å². The summed E-state index contributed by atoms with van der Waals surface area (Å²) in [6.45, 7) is 5.22. The number of amides is 1. The molecule has 138 valence electrons. The van der Waals surface area contributed by atoms with Crippen molar-refractivity contribution in [1.29, 1.82) is 0 Å². The second kappa shape index (κ2) is 8.04. The smallest absolute Gasteiger partial charge is 0.414 e. The Labute approximate surface area is 153 Å². The van der Waals surface area contributed by atoms with Gasteiger partial charge in [0.25, 0.3) is 0 Å². The first-order valence-electron chi connectivity index (χ1n) is 8.55. The van der Waals surface area contributed by atoms with Crippen LogP contribution in [0, 0.1) is 0 Å². The number of likely N-dealkylation sites (N-methyl/N-ethyl adjacent to an activating group) is 1. The molecule has 0 heterocycles. The van der Waals surface area contributed by atoms with Crippen molar-refractivity contribution in [2.75, 3.05) is 7.05 Å². The van der Waals surface area contributed by atoms with Gasteiger partial charge in [-0.1, -0.05) is 48.5 Å². The van der Waals surface area contributed by atoms with Gasteiger partial charge in [0, 0.05) is 7.05 Å². The van der Waals surface area contributed by atoms with E-state index in [0.29, 0.717) is 12.8 Å². The Hall–Kier alpha value is -2.82. The number of aliphatic carboxylic acids is 1. The number of carboxylic acid groups (broad SMARTS) is 1. The third kappa shape index (κ3) is 5.34. The topological polar surface area (TPSA) is 66.8 Å². The predicted molar refractivity (Wildman–Crippen MR) is 102 cm³/mol. The Bertz CT molecular complexity index is 833. The Morgan fingerprint density at radius 3 is 2.38 bits per heavy atom. The maximum absolute atomic E-state index is 12.1. The first-order chi connectivity index (χ1) is 12.2. The van der Waals surface area contributed by atoms with Crippen molar-refractivity contribution in [3.8, 4) is 0 Å². The molecule has 2 aromatic rings. The van der Waals surface area contributed by atoms with Crippen molar-refractivity contribution in [1.82, 2.24) is 4.90 Å². The maximum atomic E-state index is 12.1. The molecule has 0 unspecified atom stereocenters. The van der Waals surface area contributed by atoms with Gasteiger partial charge in [0.1, 0.15) is 11.3 Å². The maximum Gasteiger partial charge on any atom is 0.414 e. The fraction of sp³-hybridized carbons (Fsp3) is 0.333. The summed E-state index contributed by atoms with van der Waals surface area (Å²) >= 11 is 0. The highest BCUT2D eigenvalue weighted by molar-refractivity contribution is 5.90. The van der Waals surface area contributed by atoms with Gasteiger partial charge in [0.05, 0.1) is 0 Å². The number of hydrogen-bond acceptors (Lipinski definition) is 3. The second-order valence-corrected chi connectivity index (χ2v) is 7.15. The molecule has 0 aromatic heterocycles. The number of allylic oxidation sites excluding steroid dienone is 1. The molecule has 0 fully saturated rings. The minimum Gasteiger partial charge on any atom is -0.477 e. The molecular weight excluding hydrogens is 330 g/mol. The van der Waals surface area contributed by atoms with E-state index in [2.05, 4.69) is 18.2 Å². The van der Waals surface area contributed by atoms with Crippen LogP contribution in [0.5, 0.6) is 0 Å². The lowest BCUT2D eigenvalue weighted by molar-refractivity contribution is -0.134. The lowest BCUT2D eigenvalue weighted by atomic mass is 10.0. The number of ether oxygens (including phenoxy) is 1. The molecule has 0 aliphatic carbocycles. The molecule has 1 N–H and O–H groups in total. The molecule has 0 spiro atoms. The average Bonchev–Trinajstić information content (AvgIpc) is 2.56. The number of benzene rings is 2. The van der Waals surface area contributed by atoms with Crippen LogP contribution in [0.3, 0.4) is 0 Å². The van der Waals surface area contributed by atoms with Crippen LogP contribution >= 0.6 is 0 Å². The van der Waals surface area contributed by atoms with Crippen molar-refractivity contribution in [3.63, 3.8) is 0 Å². The van der Waals surface area contributed by atoms with Crippen molar-refractivity contribution < 1.29 is 19.4 Å². The number of carbonyl (C=O) groups is 2. The summed E-state index contributed by atoms with van der Waals surface area (Å²) in [5.74, 6) is -1.16. The molecule has 0 bridgehead atoms.